The van der Waals surface area contributed by atoms with E-state index in [9.17, 15) is 14.7 Å². The largest absolute Gasteiger partial charge is 0.493 e. The highest BCUT2D eigenvalue weighted by Crippen LogP contribution is 2.27. The van der Waals surface area contributed by atoms with Crippen molar-refractivity contribution in [2.24, 2.45) is 17.0 Å². The molecule has 0 atom stereocenters. The molecular weight excluding hydrogens is 352 g/mol. The summed E-state index contributed by atoms with van der Waals surface area (Å²) >= 11 is 1.30. The Bertz CT molecular complexity index is 827. The van der Waals surface area contributed by atoms with Gasteiger partial charge in [0.05, 0.1) is 18.6 Å². The molecule has 0 aliphatic carbocycles. The molecule has 0 saturated heterocycles. The molecule has 1 aliphatic rings. The Kier molecular flexibility index (Phi) is 6.21. The lowest BCUT2D eigenvalue weighted by Gasteiger charge is -2.12. The van der Waals surface area contributed by atoms with Crippen LogP contribution in [0.25, 0.3) is 5.13 Å². The standard InChI is InChI=1S/C10H14N4O2S.C3H2N2O.H2S/c1-10(2,3)7-11-12-8(17-7)14-6(15)5-13(4)9(14)16;6-3-4-1-2-5-3;/h5,15H,1-4H3;1-2H;1H2. The van der Waals surface area contributed by atoms with E-state index in [1.807, 2.05) is 20.8 Å². The first kappa shape index (κ1) is 19.8. The Morgan fingerprint density at radius 3 is 2.04 bits per heavy atom. The molecule has 3 heterocycles. The van der Waals surface area contributed by atoms with Crippen LogP contribution in [-0.4, -0.2) is 42.9 Å². The van der Waals surface area contributed by atoms with Crippen molar-refractivity contribution in [2.45, 2.75) is 26.2 Å². The number of carbonyl (C=O) groups is 1. The van der Waals surface area contributed by atoms with Crippen molar-refractivity contribution in [3.63, 3.8) is 0 Å². The van der Waals surface area contributed by atoms with Gasteiger partial charge in [0.1, 0.15) is 5.01 Å². The predicted octanol–water partition coefficient (Wildman–Crippen LogP) is 1.40. The molecule has 0 spiro atoms. The Balaban J connectivity index is 0.000000349. The summed E-state index contributed by atoms with van der Waals surface area (Å²) in [5.41, 5.74) is -0.455. The van der Waals surface area contributed by atoms with Gasteiger partial charge in [0.25, 0.3) is 0 Å². The van der Waals surface area contributed by atoms with E-state index >= 15 is 0 Å². The number of hydrogen-bond donors (Lipinski definition) is 1. The molecule has 0 bridgehead atoms. The first-order chi connectivity index (χ1) is 10.7. The van der Waals surface area contributed by atoms with Gasteiger partial charge < -0.3 is 5.11 Å². The molecule has 1 aliphatic heterocycles. The highest BCUT2D eigenvalue weighted by atomic mass is 32.1. The average molecular weight is 370 g/mol. The third-order valence-electron chi connectivity index (χ3n) is 2.72. The van der Waals surface area contributed by atoms with Crippen LogP contribution in [-0.2, 0) is 12.5 Å². The second kappa shape index (κ2) is 7.53. The van der Waals surface area contributed by atoms with E-state index < -0.39 is 6.03 Å². The quantitative estimate of drug-likeness (QED) is 0.815. The van der Waals surface area contributed by atoms with Crippen molar-refractivity contribution in [1.29, 1.82) is 0 Å². The first-order valence-corrected chi connectivity index (χ1v) is 7.44. The van der Waals surface area contributed by atoms with Gasteiger partial charge in [0, 0.05) is 12.5 Å². The number of aromatic hydroxyl groups is 1. The zero-order valence-corrected chi connectivity index (χ0v) is 15.4. The number of amides is 2. The van der Waals surface area contributed by atoms with Crippen LogP contribution < -0.4 is 5.69 Å². The molecule has 0 fully saturated rings. The van der Waals surface area contributed by atoms with Gasteiger partial charge in [0.2, 0.25) is 11.0 Å². The van der Waals surface area contributed by atoms with Gasteiger partial charge in [-0.25, -0.2) is 14.2 Å². The topological polar surface area (TPSA) is 115 Å². The van der Waals surface area contributed by atoms with Gasteiger partial charge in [-0.3, -0.25) is 4.57 Å². The predicted molar refractivity (Wildman–Crippen MR) is 97.6 cm³/mol. The smallest absolute Gasteiger partial charge is 0.367 e. The lowest BCUT2D eigenvalue weighted by atomic mass is 9.98. The molecule has 2 aromatic heterocycles. The Labute approximate surface area is 148 Å². The van der Waals surface area contributed by atoms with Crippen LogP contribution in [0.3, 0.4) is 0 Å². The number of imidazole rings is 1. The maximum Gasteiger partial charge on any atom is 0.367 e. The van der Waals surface area contributed by atoms with E-state index in [2.05, 4.69) is 20.2 Å². The van der Waals surface area contributed by atoms with Crippen molar-refractivity contribution in [2.75, 3.05) is 0 Å². The molecule has 0 aromatic carbocycles. The van der Waals surface area contributed by atoms with Gasteiger partial charge in [-0.05, 0) is 0 Å². The van der Waals surface area contributed by atoms with Crippen LogP contribution in [0.2, 0.25) is 0 Å². The molecular formula is C13H18N6O3S2. The van der Waals surface area contributed by atoms with Gasteiger partial charge in [-0.2, -0.15) is 23.5 Å². The van der Waals surface area contributed by atoms with Gasteiger partial charge in [-0.15, -0.1) is 10.2 Å². The Hall–Kier alpha value is -2.27. The lowest BCUT2D eigenvalue weighted by Crippen LogP contribution is -2.20. The third kappa shape index (κ3) is 4.38. The zero-order valence-electron chi connectivity index (χ0n) is 13.6. The number of hydrogen-bond acceptors (Lipinski definition) is 6. The van der Waals surface area contributed by atoms with Gasteiger partial charge in [0.15, 0.2) is 0 Å². The zero-order chi connectivity index (χ0) is 17.2. The minimum Gasteiger partial charge on any atom is -0.493 e. The van der Waals surface area contributed by atoms with Crippen molar-refractivity contribution >= 4 is 43.3 Å². The monoisotopic (exact) mass is 370 g/mol. The fourth-order valence-corrected chi connectivity index (χ4v) is 2.46. The molecule has 130 valence electrons. The van der Waals surface area contributed by atoms with E-state index in [4.69, 9.17) is 0 Å². The summed E-state index contributed by atoms with van der Waals surface area (Å²) in [6.45, 7) is 6.06. The summed E-state index contributed by atoms with van der Waals surface area (Å²) in [5.74, 6) is -0.130. The fourth-order valence-electron chi connectivity index (χ4n) is 1.56. The second-order valence-electron chi connectivity index (χ2n) is 5.69. The van der Waals surface area contributed by atoms with Crippen LogP contribution in [0.15, 0.2) is 21.0 Å². The molecule has 1 N–H and O–H groups in total. The maximum atomic E-state index is 11.8. The van der Waals surface area contributed by atoms with E-state index in [0.717, 1.165) is 9.57 Å². The van der Waals surface area contributed by atoms with E-state index in [0.29, 0.717) is 5.13 Å². The van der Waals surface area contributed by atoms with Crippen molar-refractivity contribution in [3.05, 3.63) is 21.7 Å². The number of aromatic nitrogens is 4. The third-order valence-corrected chi connectivity index (χ3v) is 4.05. The summed E-state index contributed by atoms with van der Waals surface area (Å²) in [6, 6.07) is -0.407. The van der Waals surface area contributed by atoms with E-state index in [-0.39, 0.29) is 30.5 Å². The van der Waals surface area contributed by atoms with E-state index in [1.165, 1.54) is 34.5 Å². The molecule has 0 saturated carbocycles. The molecule has 24 heavy (non-hydrogen) atoms. The second-order valence-corrected chi connectivity index (χ2v) is 6.65. The van der Waals surface area contributed by atoms with Crippen LogP contribution in [0, 0.1) is 0 Å². The van der Waals surface area contributed by atoms with Crippen LogP contribution in [0.1, 0.15) is 25.8 Å². The summed E-state index contributed by atoms with van der Waals surface area (Å²) in [5, 5.41) is 18.9. The summed E-state index contributed by atoms with van der Waals surface area (Å²) in [4.78, 5) is 28.1. The number of nitrogens with zero attached hydrogens (tertiary/aromatic N) is 6. The minimum atomic E-state index is -0.407. The summed E-state index contributed by atoms with van der Waals surface area (Å²) < 4.78 is 2.44. The highest BCUT2D eigenvalue weighted by Gasteiger charge is 2.22. The van der Waals surface area contributed by atoms with Crippen LogP contribution in [0.5, 0.6) is 5.88 Å². The fraction of sp³-hybridized carbons (Fsp3) is 0.385. The molecule has 3 rings (SSSR count). The summed E-state index contributed by atoms with van der Waals surface area (Å²) in [6.07, 6.45) is 4.07. The van der Waals surface area contributed by atoms with Crippen molar-refractivity contribution in [1.82, 2.24) is 19.3 Å². The number of aryl methyl sites for hydroxylation is 1. The molecule has 11 heteroatoms. The Morgan fingerprint density at radius 1 is 1.12 bits per heavy atom. The van der Waals surface area contributed by atoms with Crippen molar-refractivity contribution in [3.8, 4) is 11.0 Å². The minimum absolute atomic E-state index is 0. The SMILES string of the molecule is Cn1cc(O)n(-c2nnc(C(C)(C)C)s2)c1=O.O=C1N=CC=N1.S. The normalized spacial score (nSPS) is 12.8. The summed E-state index contributed by atoms with van der Waals surface area (Å²) in [7, 11) is 1.57. The Morgan fingerprint density at radius 2 is 1.71 bits per heavy atom. The number of urea groups is 1. The lowest BCUT2D eigenvalue weighted by molar-refractivity contribution is 0.257. The molecule has 0 unspecified atom stereocenters. The van der Waals surface area contributed by atoms with Crippen LogP contribution in [0.4, 0.5) is 4.79 Å². The van der Waals surface area contributed by atoms with Gasteiger partial charge in [-0.1, -0.05) is 32.1 Å². The first-order valence-electron chi connectivity index (χ1n) is 6.62. The number of aliphatic imine (C=N–C) groups is 2. The van der Waals surface area contributed by atoms with Crippen molar-refractivity contribution < 1.29 is 9.90 Å². The van der Waals surface area contributed by atoms with E-state index in [1.54, 1.807) is 7.05 Å². The number of carbonyl (C=O) groups excluding carboxylic acids is 1. The maximum absolute atomic E-state index is 11.8. The van der Waals surface area contributed by atoms with Crippen LogP contribution >= 0.6 is 24.8 Å². The number of rotatable bonds is 1. The highest BCUT2D eigenvalue weighted by molar-refractivity contribution is 7.59. The van der Waals surface area contributed by atoms with Gasteiger partial charge >= 0.3 is 11.7 Å². The molecule has 9 nitrogen and oxygen atoms in total. The average Bonchev–Trinajstić information content (AvgIpc) is 3.13. The molecule has 2 aromatic rings. The molecule has 0 radical (unpaired) electrons. The molecule has 2 amide bonds.